The lowest BCUT2D eigenvalue weighted by Crippen LogP contribution is -2.24. The van der Waals surface area contributed by atoms with Crippen molar-refractivity contribution in [2.75, 3.05) is 34.2 Å². The van der Waals surface area contributed by atoms with Gasteiger partial charge in [0.2, 0.25) is 0 Å². The van der Waals surface area contributed by atoms with Gasteiger partial charge in [0.05, 0.1) is 12.7 Å². The number of rotatable bonds is 8. The quantitative estimate of drug-likeness (QED) is 0.466. The van der Waals surface area contributed by atoms with Crippen LogP contribution in [0.15, 0.2) is 0 Å². The standard InChI is InChI=1S/C10H20O6/c1-8(15-7-13-4)6-14-10(11)16-9(2)5-12-3/h8-9H,5-7H2,1-4H3. The summed E-state index contributed by atoms with van der Waals surface area (Å²) in [4.78, 5) is 11.1. The molecule has 2 atom stereocenters. The molecule has 0 fully saturated rings. The van der Waals surface area contributed by atoms with Gasteiger partial charge in [0, 0.05) is 14.2 Å². The van der Waals surface area contributed by atoms with Gasteiger partial charge in [-0.15, -0.1) is 0 Å². The van der Waals surface area contributed by atoms with Crippen LogP contribution in [0.4, 0.5) is 4.79 Å². The Balaban J connectivity index is 3.56. The first-order valence-corrected chi connectivity index (χ1v) is 5.03. The summed E-state index contributed by atoms with van der Waals surface area (Å²) < 4.78 is 24.3. The Morgan fingerprint density at radius 2 is 1.75 bits per heavy atom. The molecule has 0 spiro atoms. The smallest absolute Gasteiger partial charge is 0.432 e. The molecule has 6 nitrogen and oxygen atoms in total. The van der Waals surface area contributed by atoms with E-state index in [1.54, 1.807) is 13.8 Å². The maximum absolute atomic E-state index is 11.1. The summed E-state index contributed by atoms with van der Waals surface area (Å²) in [5.74, 6) is 0. The molecule has 0 bridgehead atoms. The molecule has 0 aliphatic heterocycles. The highest BCUT2D eigenvalue weighted by molar-refractivity contribution is 5.60. The zero-order valence-corrected chi connectivity index (χ0v) is 10.2. The van der Waals surface area contributed by atoms with Gasteiger partial charge in [-0.05, 0) is 13.8 Å². The number of hydrogen-bond acceptors (Lipinski definition) is 6. The first kappa shape index (κ1) is 15.2. The first-order valence-electron chi connectivity index (χ1n) is 5.03. The van der Waals surface area contributed by atoms with E-state index < -0.39 is 6.16 Å². The van der Waals surface area contributed by atoms with Crippen LogP contribution in [0.3, 0.4) is 0 Å². The average Bonchev–Trinajstić information content (AvgIpc) is 2.23. The topological polar surface area (TPSA) is 63.2 Å². The van der Waals surface area contributed by atoms with Crippen molar-refractivity contribution in [1.82, 2.24) is 0 Å². The van der Waals surface area contributed by atoms with Gasteiger partial charge < -0.3 is 23.7 Å². The summed E-state index contributed by atoms with van der Waals surface area (Å²) in [6.45, 7) is 4.12. The van der Waals surface area contributed by atoms with Crippen molar-refractivity contribution < 1.29 is 28.5 Å². The number of ether oxygens (including phenoxy) is 5. The van der Waals surface area contributed by atoms with Gasteiger partial charge in [0.15, 0.2) is 0 Å². The molecule has 0 heterocycles. The predicted molar refractivity (Wildman–Crippen MR) is 56.2 cm³/mol. The molecule has 2 unspecified atom stereocenters. The fourth-order valence-corrected chi connectivity index (χ4v) is 0.885. The minimum Gasteiger partial charge on any atom is -0.432 e. The van der Waals surface area contributed by atoms with Crippen molar-refractivity contribution in [1.29, 1.82) is 0 Å². The van der Waals surface area contributed by atoms with Crippen LogP contribution in [0.25, 0.3) is 0 Å². The molecule has 0 saturated carbocycles. The summed E-state index contributed by atoms with van der Waals surface area (Å²) in [6.07, 6.45) is -1.28. The summed E-state index contributed by atoms with van der Waals surface area (Å²) in [6, 6.07) is 0. The zero-order valence-electron chi connectivity index (χ0n) is 10.2. The lowest BCUT2D eigenvalue weighted by molar-refractivity contribution is -0.0889. The summed E-state index contributed by atoms with van der Waals surface area (Å²) in [5, 5.41) is 0. The molecular formula is C10H20O6. The largest absolute Gasteiger partial charge is 0.508 e. The van der Waals surface area contributed by atoms with E-state index in [0.717, 1.165) is 0 Å². The molecule has 0 N–H and O–H groups in total. The predicted octanol–water partition coefficient (Wildman–Crippen LogP) is 1.18. The molecule has 96 valence electrons. The third-order valence-corrected chi connectivity index (χ3v) is 1.61. The zero-order chi connectivity index (χ0) is 12.4. The third kappa shape index (κ3) is 8.46. The van der Waals surface area contributed by atoms with Crippen LogP contribution in [-0.4, -0.2) is 52.6 Å². The van der Waals surface area contributed by atoms with Crippen molar-refractivity contribution in [3.63, 3.8) is 0 Å². The van der Waals surface area contributed by atoms with Crippen LogP contribution in [0, 0.1) is 0 Å². The van der Waals surface area contributed by atoms with E-state index >= 15 is 0 Å². The van der Waals surface area contributed by atoms with E-state index in [2.05, 4.69) is 0 Å². The number of hydrogen-bond donors (Lipinski definition) is 0. The van der Waals surface area contributed by atoms with E-state index in [4.69, 9.17) is 23.7 Å². The van der Waals surface area contributed by atoms with E-state index in [1.807, 2.05) is 0 Å². The Morgan fingerprint density at radius 1 is 1.06 bits per heavy atom. The van der Waals surface area contributed by atoms with Gasteiger partial charge in [0.25, 0.3) is 0 Å². The Hall–Kier alpha value is -0.850. The molecule has 0 aliphatic carbocycles. The average molecular weight is 236 g/mol. The first-order chi connectivity index (χ1) is 7.60. The Bertz CT molecular complexity index is 184. The number of carbonyl (C=O) groups excluding carboxylic acids is 1. The van der Waals surface area contributed by atoms with Crippen molar-refractivity contribution >= 4 is 6.16 Å². The van der Waals surface area contributed by atoms with Crippen LogP contribution >= 0.6 is 0 Å². The monoisotopic (exact) mass is 236 g/mol. The van der Waals surface area contributed by atoms with Crippen LogP contribution in [0.2, 0.25) is 0 Å². The van der Waals surface area contributed by atoms with Crippen molar-refractivity contribution in [2.45, 2.75) is 26.1 Å². The normalized spacial score (nSPS) is 14.2. The lowest BCUT2D eigenvalue weighted by Gasteiger charge is -2.15. The van der Waals surface area contributed by atoms with E-state index in [0.29, 0.717) is 6.61 Å². The fraction of sp³-hybridized carbons (Fsp3) is 0.900. The minimum absolute atomic E-state index is 0.127. The highest BCUT2D eigenvalue weighted by Gasteiger charge is 2.12. The van der Waals surface area contributed by atoms with Gasteiger partial charge in [0.1, 0.15) is 19.5 Å². The second-order valence-corrected chi connectivity index (χ2v) is 3.33. The van der Waals surface area contributed by atoms with Crippen LogP contribution < -0.4 is 0 Å². The molecule has 0 aromatic heterocycles. The fourth-order valence-electron chi connectivity index (χ4n) is 0.885. The second-order valence-electron chi connectivity index (χ2n) is 3.33. The molecule has 0 rings (SSSR count). The summed E-state index contributed by atoms with van der Waals surface area (Å²) in [5.41, 5.74) is 0. The lowest BCUT2D eigenvalue weighted by atomic mass is 10.4. The highest BCUT2D eigenvalue weighted by atomic mass is 16.7. The van der Waals surface area contributed by atoms with Gasteiger partial charge in [-0.1, -0.05) is 0 Å². The second kappa shape index (κ2) is 9.38. The van der Waals surface area contributed by atoms with Gasteiger partial charge >= 0.3 is 6.16 Å². The van der Waals surface area contributed by atoms with E-state index in [-0.39, 0.29) is 25.6 Å². The summed E-state index contributed by atoms with van der Waals surface area (Å²) >= 11 is 0. The van der Waals surface area contributed by atoms with Crippen molar-refractivity contribution in [3.8, 4) is 0 Å². The molecule has 16 heavy (non-hydrogen) atoms. The molecule has 0 amide bonds. The third-order valence-electron chi connectivity index (χ3n) is 1.61. The van der Waals surface area contributed by atoms with Crippen molar-refractivity contribution in [3.05, 3.63) is 0 Å². The maximum atomic E-state index is 11.1. The van der Waals surface area contributed by atoms with Gasteiger partial charge in [-0.3, -0.25) is 0 Å². The molecule has 0 aliphatic rings. The summed E-state index contributed by atoms with van der Waals surface area (Å²) in [7, 11) is 3.06. The van der Waals surface area contributed by atoms with Crippen molar-refractivity contribution in [2.24, 2.45) is 0 Å². The Kier molecular flexibility index (Phi) is 8.88. The molecule has 0 aromatic rings. The number of carbonyl (C=O) groups is 1. The van der Waals surface area contributed by atoms with Crippen LogP contribution in [-0.2, 0) is 23.7 Å². The Labute approximate surface area is 95.8 Å². The minimum atomic E-state index is -0.725. The molecule has 0 aromatic carbocycles. The SMILES string of the molecule is COCOC(C)COC(=O)OC(C)COC. The van der Waals surface area contributed by atoms with E-state index in [1.165, 1.54) is 14.2 Å². The Morgan fingerprint density at radius 3 is 2.31 bits per heavy atom. The molecule has 0 saturated heterocycles. The van der Waals surface area contributed by atoms with Crippen LogP contribution in [0.5, 0.6) is 0 Å². The molecule has 0 radical (unpaired) electrons. The highest BCUT2D eigenvalue weighted by Crippen LogP contribution is 1.98. The molecular weight excluding hydrogens is 216 g/mol. The van der Waals surface area contributed by atoms with Gasteiger partial charge in [-0.2, -0.15) is 0 Å². The maximum Gasteiger partial charge on any atom is 0.508 e. The van der Waals surface area contributed by atoms with Gasteiger partial charge in [-0.25, -0.2) is 4.79 Å². The number of methoxy groups -OCH3 is 2. The van der Waals surface area contributed by atoms with Crippen LogP contribution in [0.1, 0.15) is 13.8 Å². The van der Waals surface area contributed by atoms with E-state index in [9.17, 15) is 4.79 Å². The molecule has 6 heteroatoms.